The maximum atomic E-state index is 13.4. The van der Waals surface area contributed by atoms with Gasteiger partial charge in [0, 0.05) is 38.5 Å². The van der Waals surface area contributed by atoms with Crippen molar-refractivity contribution in [1.29, 1.82) is 0 Å². The molecule has 47 heavy (non-hydrogen) atoms. The van der Waals surface area contributed by atoms with Gasteiger partial charge in [-0.05, 0) is 44.2 Å². The maximum absolute atomic E-state index is 13.4. The summed E-state index contributed by atoms with van der Waals surface area (Å²) in [6.45, 7) is 13.9. The van der Waals surface area contributed by atoms with Gasteiger partial charge in [-0.2, -0.15) is 0 Å². The largest absolute Gasteiger partial charge is 0.493 e. The molecule has 1 unspecified atom stereocenters. The van der Waals surface area contributed by atoms with Crippen LogP contribution in [-0.2, 0) is 0 Å². The zero-order chi connectivity index (χ0) is 33.8. The summed E-state index contributed by atoms with van der Waals surface area (Å²) in [7, 11) is 4.88. The Kier molecular flexibility index (Phi) is 10.4. The number of likely N-dealkylation sites (N-methyl/N-ethyl adjacent to an activating group) is 1. The first-order valence-electron chi connectivity index (χ1n) is 16.3. The van der Waals surface area contributed by atoms with Crippen LogP contribution < -0.4 is 23.8 Å². The molecule has 11 heteroatoms. The summed E-state index contributed by atoms with van der Waals surface area (Å²) in [4.78, 5) is 36.4. The molecule has 6 rings (SSSR count). The van der Waals surface area contributed by atoms with Crippen LogP contribution in [0.4, 0.5) is 11.4 Å². The van der Waals surface area contributed by atoms with Gasteiger partial charge in [0.2, 0.25) is 0 Å². The molecule has 1 N–H and O–H groups in total. The molecule has 252 valence electrons. The van der Waals surface area contributed by atoms with Gasteiger partial charge < -0.3 is 38.8 Å². The van der Waals surface area contributed by atoms with Crippen molar-refractivity contribution in [2.24, 2.45) is 4.99 Å². The number of aliphatic hydroxyl groups excluding tert-OH is 1. The molecule has 4 heterocycles. The van der Waals surface area contributed by atoms with Crippen LogP contribution in [0.15, 0.2) is 53.6 Å². The van der Waals surface area contributed by atoms with Crippen molar-refractivity contribution >= 4 is 29.4 Å². The van der Waals surface area contributed by atoms with Crippen molar-refractivity contribution in [2.75, 3.05) is 52.5 Å². The Morgan fingerprint density at radius 2 is 1.38 bits per heavy atom. The summed E-state index contributed by atoms with van der Waals surface area (Å²) in [5, 5.41) is 11.0. The third-order valence-electron chi connectivity index (χ3n) is 8.94. The van der Waals surface area contributed by atoms with Gasteiger partial charge in [0.15, 0.2) is 23.0 Å². The minimum absolute atomic E-state index is 0.0747. The van der Waals surface area contributed by atoms with Crippen LogP contribution in [0.1, 0.15) is 66.7 Å². The lowest BCUT2D eigenvalue weighted by Crippen LogP contribution is -2.47. The molecular formula is C36H46N4O7. The highest BCUT2D eigenvalue weighted by molar-refractivity contribution is 6.04. The number of rotatable bonds is 10. The van der Waals surface area contributed by atoms with E-state index in [-0.39, 0.29) is 23.9 Å². The van der Waals surface area contributed by atoms with E-state index in [2.05, 4.69) is 18.2 Å². The van der Waals surface area contributed by atoms with Gasteiger partial charge in [-0.15, -0.1) is 0 Å². The van der Waals surface area contributed by atoms with E-state index in [1.165, 1.54) is 0 Å². The molecule has 11 nitrogen and oxygen atoms in total. The summed E-state index contributed by atoms with van der Waals surface area (Å²) in [6.07, 6.45) is 4.63. The van der Waals surface area contributed by atoms with Gasteiger partial charge in [0.05, 0.1) is 62.0 Å². The molecule has 2 amide bonds. The van der Waals surface area contributed by atoms with Gasteiger partial charge in [0.25, 0.3) is 11.8 Å². The van der Waals surface area contributed by atoms with Crippen molar-refractivity contribution < 1.29 is 33.6 Å². The van der Waals surface area contributed by atoms with Crippen LogP contribution in [0.5, 0.6) is 23.0 Å². The molecular weight excluding hydrogens is 600 g/mol. The molecule has 2 aromatic carbocycles. The van der Waals surface area contributed by atoms with E-state index < -0.39 is 6.23 Å². The van der Waals surface area contributed by atoms with Gasteiger partial charge >= 0.3 is 0 Å². The zero-order valence-electron chi connectivity index (χ0n) is 28.1. The Labute approximate surface area is 277 Å². The standard InChI is InChI=1S/C34H40N4O7.C2H6/c1-20-11-22-17-35-25-15-30(28(42-4)13-23(25)32(39)37(22)18-20)44-9-7-6-8-10-45-31-16-26-24(14-29(31)43-5)33(40)38-19-21(2)12-27(38)34(41)36(26)3;1-2/h13-17,22,27,34,41H,1-2,6-12,18-19H2,3-5H3;1-2H3/t22?,27-,34-;/m0./s1. The highest BCUT2D eigenvalue weighted by atomic mass is 16.5. The molecule has 3 atom stereocenters. The highest BCUT2D eigenvalue weighted by Crippen LogP contribution is 2.41. The van der Waals surface area contributed by atoms with Gasteiger partial charge in [-0.3, -0.25) is 14.6 Å². The lowest BCUT2D eigenvalue weighted by atomic mass is 10.1. The number of ether oxygens (including phenoxy) is 4. The van der Waals surface area contributed by atoms with E-state index in [9.17, 15) is 14.7 Å². The lowest BCUT2D eigenvalue weighted by molar-refractivity contribution is 0.0527. The predicted octanol–water partition coefficient (Wildman–Crippen LogP) is 5.38. The van der Waals surface area contributed by atoms with Crippen molar-refractivity contribution in [3.63, 3.8) is 0 Å². The molecule has 2 fully saturated rings. The summed E-state index contributed by atoms with van der Waals surface area (Å²) < 4.78 is 23.3. The van der Waals surface area contributed by atoms with E-state index in [0.717, 1.165) is 36.8 Å². The van der Waals surface area contributed by atoms with Crippen molar-refractivity contribution in [3.05, 3.63) is 59.7 Å². The van der Waals surface area contributed by atoms with Gasteiger partial charge in [0.1, 0.15) is 6.23 Å². The number of nitrogens with zero attached hydrogens (tertiary/aromatic N) is 4. The lowest BCUT2D eigenvalue weighted by Gasteiger charge is -2.30. The molecule has 4 aliphatic heterocycles. The van der Waals surface area contributed by atoms with Crippen LogP contribution in [-0.4, -0.2) is 98.8 Å². The smallest absolute Gasteiger partial charge is 0.257 e. The number of methoxy groups -OCH3 is 2. The predicted molar refractivity (Wildman–Crippen MR) is 182 cm³/mol. The number of unbranched alkanes of at least 4 members (excludes halogenated alkanes) is 2. The summed E-state index contributed by atoms with van der Waals surface area (Å²) in [6, 6.07) is 6.52. The van der Waals surface area contributed by atoms with Crippen molar-refractivity contribution in [3.8, 4) is 23.0 Å². The Hall–Kier alpha value is -4.51. The van der Waals surface area contributed by atoms with Gasteiger partial charge in [-0.25, -0.2) is 0 Å². The second kappa shape index (κ2) is 14.5. The summed E-state index contributed by atoms with van der Waals surface area (Å²) >= 11 is 0. The molecule has 0 aliphatic carbocycles. The van der Waals surface area contributed by atoms with Crippen LogP contribution in [0.25, 0.3) is 0 Å². The topological polar surface area (TPSA) is 113 Å². The number of benzene rings is 2. The third-order valence-corrected chi connectivity index (χ3v) is 8.94. The molecule has 0 saturated carbocycles. The SMILES string of the molecule is C=C1CC2C=Nc3cc(OCCCCCOc4cc5c(cc4OC)C(=O)N4CC(=C)C[C@H]4[C@H](O)N5C)c(OC)cc3C(=O)N2C1.CC. The van der Waals surface area contributed by atoms with Crippen molar-refractivity contribution in [2.45, 2.75) is 64.3 Å². The number of amides is 2. The normalized spacial score (nSPS) is 21.2. The Morgan fingerprint density at radius 3 is 2.04 bits per heavy atom. The average molecular weight is 647 g/mol. The van der Waals surface area contributed by atoms with E-state index in [1.807, 2.05) is 20.1 Å². The molecule has 0 aromatic heterocycles. The van der Waals surface area contributed by atoms with E-state index in [1.54, 1.807) is 60.2 Å². The number of carbonyl (C=O) groups excluding carboxylic acids is 2. The Morgan fingerprint density at radius 1 is 0.809 bits per heavy atom. The zero-order valence-corrected chi connectivity index (χ0v) is 28.1. The summed E-state index contributed by atoms with van der Waals surface area (Å²) in [5.41, 5.74) is 4.08. The molecule has 0 radical (unpaired) electrons. The van der Waals surface area contributed by atoms with Crippen molar-refractivity contribution in [1.82, 2.24) is 9.80 Å². The van der Waals surface area contributed by atoms with E-state index in [4.69, 9.17) is 18.9 Å². The number of anilines is 1. The van der Waals surface area contributed by atoms with E-state index >= 15 is 0 Å². The Balaban J connectivity index is 0.00000213. The quantitative estimate of drug-likeness (QED) is 0.270. The first kappa shape index (κ1) is 33.8. The summed E-state index contributed by atoms with van der Waals surface area (Å²) in [5.74, 6) is 1.78. The van der Waals surface area contributed by atoms with Crippen LogP contribution in [0.3, 0.4) is 0 Å². The molecule has 2 aromatic rings. The fourth-order valence-corrected chi connectivity index (χ4v) is 6.51. The van der Waals surface area contributed by atoms with Crippen LogP contribution in [0, 0.1) is 0 Å². The minimum Gasteiger partial charge on any atom is -0.493 e. The molecule has 4 aliphatic rings. The monoisotopic (exact) mass is 646 g/mol. The molecule has 2 saturated heterocycles. The average Bonchev–Trinajstić information content (AvgIpc) is 3.62. The first-order valence-corrected chi connectivity index (χ1v) is 16.3. The van der Waals surface area contributed by atoms with E-state index in [0.29, 0.717) is 78.2 Å². The maximum Gasteiger partial charge on any atom is 0.257 e. The van der Waals surface area contributed by atoms with Crippen LogP contribution in [0.2, 0.25) is 0 Å². The number of fused-ring (bicyclic) bond motifs is 4. The van der Waals surface area contributed by atoms with Crippen LogP contribution >= 0.6 is 0 Å². The minimum atomic E-state index is -0.862. The fraction of sp³-hybridized carbons (Fsp3) is 0.472. The number of aliphatic imine (C=N–C) groups is 1. The number of carbonyl (C=O) groups is 2. The van der Waals surface area contributed by atoms with Gasteiger partial charge in [-0.1, -0.05) is 38.2 Å². The first-order chi connectivity index (χ1) is 22.7. The second-order valence-corrected chi connectivity index (χ2v) is 12.0. The third kappa shape index (κ3) is 6.67. The number of aliphatic hydroxyl groups is 1. The highest BCUT2D eigenvalue weighted by Gasteiger charge is 2.42. The second-order valence-electron chi connectivity index (χ2n) is 12.0. The number of hydrogen-bond acceptors (Lipinski definition) is 9. The molecule has 0 spiro atoms. The number of hydrogen-bond donors (Lipinski definition) is 1. The Bertz CT molecular complexity index is 1570. The fourth-order valence-electron chi connectivity index (χ4n) is 6.51. The molecule has 0 bridgehead atoms.